The highest BCUT2D eigenvalue weighted by molar-refractivity contribution is 5.96. The number of aryl methyl sites for hydroxylation is 1. The van der Waals surface area contributed by atoms with Crippen molar-refractivity contribution in [2.24, 2.45) is 5.73 Å². The van der Waals surface area contributed by atoms with Gasteiger partial charge in [-0.3, -0.25) is 14.9 Å². The van der Waals surface area contributed by atoms with E-state index in [9.17, 15) is 14.9 Å². The van der Waals surface area contributed by atoms with E-state index < -0.39 is 4.92 Å². The van der Waals surface area contributed by atoms with Crippen molar-refractivity contribution in [1.29, 1.82) is 0 Å². The SMILES string of the molecule is Cc1ccc([N+](=O)[O-])cc1C(=O)NCCC(C)N. The molecular weight excluding hydrogens is 234 g/mol. The number of benzene rings is 1. The molecule has 0 aliphatic carbocycles. The summed E-state index contributed by atoms with van der Waals surface area (Å²) >= 11 is 0. The predicted octanol–water partition coefficient (Wildman–Crippen LogP) is 1.37. The molecule has 18 heavy (non-hydrogen) atoms. The number of rotatable bonds is 5. The van der Waals surface area contributed by atoms with Crippen LogP contribution in [0.3, 0.4) is 0 Å². The van der Waals surface area contributed by atoms with E-state index in [-0.39, 0.29) is 17.6 Å². The Bertz CT molecular complexity index is 458. The Hall–Kier alpha value is -1.95. The maximum atomic E-state index is 11.8. The number of non-ortho nitro benzene ring substituents is 1. The second-order valence-corrected chi connectivity index (χ2v) is 4.28. The number of carbonyl (C=O) groups is 1. The molecule has 1 amide bonds. The summed E-state index contributed by atoms with van der Waals surface area (Å²) in [5, 5.41) is 13.3. The highest BCUT2D eigenvalue weighted by atomic mass is 16.6. The van der Waals surface area contributed by atoms with Crippen LogP contribution in [0, 0.1) is 17.0 Å². The third-order valence-corrected chi connectivity index (χ3v) is 2.56. The van der Waals surface area contributed by atoms with Gasteiger partial charge in [0.1, 0.15) is 0 Å². The van der Waals surface area contributed by atoms with Crippen LogP contribution >= 0.6 is 0 Å². The number of carbonyl (C=O) groups excluding carboxylic acids is 1. The largest absolute Gasteiger partial charge is 0.352 e. The molecule has 0 aromatic heterocycles. The van der Waals surface area contributed by atoms with Crippen LogP contribution in [0.5, 0.6) is 0 Å². The summed E-state index contributed by atoms with van der Waals surface area (Å²) in [6, 6.07) is 4.25. The van der Waals surface area contributed by atoms with E-state index in [2.05, 4.69) is 5.32 Å². The van der Waals surface area contributed by atoms with Crippen LogP contribution in [0.4, 0.5) is 5.69 Å². The molecule has 0 spiro atoms. The monoisotopic (exact) mass is 251 g/mol. The molecule has 0 fully saturated rings. The number of nitrogens with one attached hydrogen (secondary N) is 1. The minimum absolute atomic E-state index is 0.0107. The van der Waals surface area contributed by atoms with Crippen molar-refractivity contribution in [3.8, 4) is 0 Å². The summed E-state index contributed by atoms with van der Waals surface area (Å²) < 4.78 is 0. The lowest BCUT2D eigenvalue weighted by molar-refractivity contribution is -0.384. The summed E-state index contributed by atoms with van der Waals surface area (Å²) in [6.45, 7) is 4.05. The van der Waals surface area contributed by atoms with Gasteiger partial charge in [-0.15, -0.1) is 0 Å². The fourth-order valence-corrected chi connectivity index (χ4v) is 1.48. The van der Waals surface area contributed by atoms with E-state index in [1.807, 2.05) is 6.92 Å². The molecule has 0 saturated heterocycles. The standard InChI is InChI=1S/C12H17N3O3/c1-8-3-4-10(15(17)18)7-11(8)12(16)14-6-5-9(2)13/h3-4,7,9H,5-6,13H2,1-2H3,(H,14,16). The minimum Gasteiger partial charge on any atom is -0.352 e. The average Bonchev–Trinajstić information content (AvgIpc) is 2.28. The third-order valence-electron chi connectivity index (χ3n) is 2.56. The van der Waals surface area contributed by atoms with Crippen molar-refractivity contribution in [3.05, 3.63) is 39.4 Å². The molecular formula is C12H17N3O3. The first kappa shape index (κ1) is 14.1. The fourth-order valence-electron chi connectivity index (χ4n) is 1.48. The Labute approximate surface area is 105 Å². The number of nitrogens with two attached hydrogens (primary N) is 1. The van der Waals surface area contributed by atoms with E-state index in [1.165, 1.54) is 12.1 Å². The molecule has 1 atom stereocenters. The van der Waals surface area contributed by atoms with Gasteiger partial charge in [0.05, 0.1) is 4.92 Å². The number of amides is 1. The third kappa shape index (κ3) is 3.81. The fraction of sp³-hybridized carbons (Fsp3) is 0.417. The lowest BCUT2D eigenvalue weighted by atomic mass is 10.1. The van der Waals surface area contributed by atoms with E-state index in [4.69, 9.17) is 5.73 Å². The number of nitro benzene ring substituents is 1. The first-order valence-electron chi connectivity index (χ1n) is 5.70. The van der Waals surface area contributed by atoms with Gasteiger partial charge in [-0.05, 0) is 25.8 Å². The summed E-state index contributed by atoms with van der Waals surface area (Å²) in [5.74, 6) is -0.308. The van der Waals surface area contributed by atoms with E-state index >= 15 is 0 Å². The molecule has 0 heterocycles. The van der Waals surface area contributed by atoms with Crippen molar-refractivity contribution in [1.82, 2.24) is 5.32 Å². The molecule has 0 bridgehead atoms. The summed E-state index contributed by atoms with van der Waals surface area (Å²) in [7, 11) is 0. The van der Waals surface area contributed by atoms with Gasteiger partial charge in [0.15, 0.2) is 0 Å². The van der Waals surface area contributed by atoms with Crippen LogP contribution < -0.4 is 11.1 Å². The maximum absolute atomic E-state index is 11.8. The zero-order chi connectivity index (χ0) is 13.7. The Kier molecular flexibility index (Phi) is 4.79. The molecule has 3 N–H and O–H groups in total. The Morgan fingerprint density at radius 2 is 2.22 bits per heavy atom. The first-order chi connectivity index (χ1) is 8.41. The predicted molar refractivity (Wildman–Crippen MR) is 68.4 cm³/mol. The first-order valence-corrected chi connectivity index (χ1v) is 5.70. The highest BCUT2D eigenvalue weighted by Crippen LogP contribution is 2.17. The van der Waals surface area contributed by atoms with Gasteiger partial charge in [0.25, 0.3) is 11.6 Å². The number of nitro groups is 1. The van der Waals surface area contributed by atoms with E-state index in [0.29, 0.717) is 24.1 Å². The second kappa shape index (κ2) is 6.11. The van der Waals surface area contributed by atoms with Crippen molar-refractivity contribution < 1.29 is 9.72 Å². The molecule has 0 aliphatic rings. The molecule has 6 heteroatoms. The molecule has 1 aromatic rings. The highest BCUT2D eigenvalue weighted by Gasteiger charge is 2.14. The van der Waals surface area contributed by atoms with Gasteiger partial charge >= 0.3 is 0 Å². The van der Waals surface area contributed by atoms with Crippen molar-refractivity contribution in [2.45, 2.75) is 26.3 Å². The molecule has 98 valence electrons. The molecule has 1 unspecified atom stereocenters. The van der Waals surface area contributed by atoms with Crippen molar-refractivity contribution in [2.75, 3.05) is 6.54 Å². The van der Waals surface area contributed by atoms with Crippen LogP contribution in [0.2, 0.25) is 0 Å². The smallest absolute Gasteiger partial charge is 0.270 e. The zero-order valence-electron chi connectivity index (χ0n) is 10.5. The lowest BCUT2D eigenvalue weighted by Gasteiger charge is -2.09. The Morgan fingerprint density at radius 1 is 1.56 bits per heavy atom. The quantitative estimate of drug-likeness (QED) is 0.610. The number of hydrogen-bond donors (Lipinski definition) is 2. The van der Waals surface area contributed by atoms with Gasteiger partial charge in [0.2, 0.25) is 0 Å². The van der Waals surface area contributed by atoms with Crippen LogP contribution in [0.1, 0.15) is 29.3 Å². The lowest BCUT2D eigenvalue weighted by Crippen LogP contribution is -2.29. The normalized spacial score (nSPS) is 11.9. The second-order valence-electron chi connectivity index (χ2n) is 4.28. The van der Waals surface area contributed by atoms with Gasteiger partial charge in [0, 0.05) is 30.3 Å². The van der Waals surface area contributed by atoms with Gasteiger partial charge < -0.3 is 11.1 Å². The molecule has 0 saturated carbocycles. The zero-order valence-corrected chi connectivity index (χ0v) is 10.5. The summed E-state index contributed by atoms with van der Waals surface area (Å²) in [4.78, 5) is 22.0. The summed E-state index contributed by atoms with van der Waals surface area (Å²) in [6.07, 6.45) is 0.666. The van der Waals surface area contributed by atoms with Crippen molar-refractivity contribution >= 4 is 11.6 Å². The van der Waals surface area contributed by atoms with Gasteiger partial charge in [-0.25, -0.2) is 0 Å². The molecule has 0 radical (unpaired) electrons. The van der Waals surface area contributed by atoms with E-state index in [1.54, 1.807) is 13.0 Å². The average molecular weight is 251 g/mol. The van der Waals surface area contributed by atoms with Crippen molar-refractivity contribution in [3.63, 3.8) is 0 Å². The van der Waals surface area contributed by atoms with E-state index in [0.717, 1.165) is 0 Å². The minimum atomic E-state index is -0.516. The van der Waals surface area contributed by atoms with Crippen LogP contribution in [-0.4, -0.2) is 23.4 Å². The Balaban J connectivity index is 2.78. The van der Waals surface area contributed by atoms with Gasteiger partial charge in [-0.2, -0.15) is 0 Å². The molecule has 0 aliphatic heterocycles. The number of hydrogen-bond acceptors (Lipinski definition) is 4. The molecule has 6 nitrogen and oxygen atoms in total. The number of nitrogens with zero attached hydrogens (tertiary/aromatic N) is 1. The topological polar surface area (TPSA) is 98.3 Å². The summed E-state index contributed by atoms with van der Waals surface area (Å²) in [5.41, 5.74) is 6.52. The molecule has 1 aromatic carbocycles. The molecule has 1 rings (SSSR count). The van der Waals surface area contributed by atoms with Gasteiger partial charge in [-0.1, -0.05) is 6.07 Å². The Morgan fingerprint density at radius 3 is 2.78 bits per heavy atom. The van der Waals surface area contributed by atoms with Crippen LogP contribution in [-0.2, 0) is 0 Å². The van der Waals surface area contributed by atoms with Crippen LogP contribution in [0.15, 0.2) is 18.2 Å². The van der Waals surface area contributed by atoms with Crippen LogP contribution in [0.25, 0.3) is 0 Å². The maximum Gasteiger partial charge on any atom is 0.270 e.